The van der Waals surface area contributed by atoms with Crippen molar-refractivity contribution >= 4 is 22.9 Å². The number of para-hydroxylation sites is 2. The highest BCUT2D eigenvalue weighted by atomic mass is 16.2. The van der Waals surface area contributed by atoms with Gasteiger partial charge in [0.15, 0.2) is 0 Å². The molecule has 2 atom stereocenters. The molecule has 26 heavy (non-hydrogen) atoms. The van der Waals surface area contributed by atoms with Gasteiger partial charge in [-0.15, -0.1) is 0 Å². The lowest BCUT2D eigenvalue weighted by atomic mass is 9.97. The van der Waals surface area contributed by atoms with Crippen LogP contribution in [0.15, 0.2) is 42.7 Å². The Morgan fingerprint density at radius 2 is 2.08 bits per heavy atom. The Morgan fingerprint density at radius 1 is 1.27 bits per heavy atom. The number of hydrogen-bond donors (Lipinski definition) is 2. The fourth-order valence-electron chi connectivity index (χ4n) is 3.40. The summed E-state index contributed by atoms with van der Waals surface area (Å²) in [6, 6.07) is 9.50. The monoisotopic (exact) mass is 350 g/mol. The number of fused-ring (bicyclic) bond motifs is 1. The summed E-state index contributed by atoms with van der Waals surface area (Å²) in [5, 5.41) is 3.10. The highest BCUT2D eigenvalue weighted by Gasteiger charge is 2.28. The molecule has 0 aliphatic carbocycles. The third kappa shape index (κ3) is 3.37. The molecule has 1 aromatic carbocycles. The molecule has 7 nitrogen and oxygen atoms in total. The van der Waals surface area contributed by atoms with Crippen LogP contribution in [0, 0.1) is 5.92 Å². The molecule has 0 spiro atoms. The summed E-state index contributed by atoms with van der Waals surface area (Å²) in [7, 11) is 0. The van der Waals surface area contributed by atoms with Crippen molar-refractivity contribution in [3.8, 4) is 0 Å². The van der Waals surface area contributed by atoms with E-state index in [0.29, 0.717) is 12.5 Å². The van der Waals surface area contributed by atoms with Crippen LogP contribution in [0.1, 0.15) is 31.6 Å². The second kappa shape index (κ2) is 7.11. The zero-order valence-electron chi connectivity index (χ0n) is 14.7. The number of piperidine rings is 1. The Hall–Kier alpha value is -2.96. The van der Waals surface area contributed by atoms with Crippen molar-refractivity contribution in [2.75, 3.05) is 18.0 Å². The molecule has 1 saturated heterocycles. The summed E-state index contributed by atoms with van der Waals surface area (Å²) in [6.45, 7) is 3.48. The maximum absolute atomic E-state index is 12.8. The number of aromatic amines is 1. The van der Waals surface area contributed by atoms with Gasteiger partial charge in [0.2, 0.25) is 11.9 Å². The molecule has 2 aromatic heterocycles. The molecule has 4 rings (SSSR count). The molecular weight excluding hydrogens is 328 g/mol. The fraction of sp³-hybridized carbons (Fsp3) is 0.368. The molecule has 1 amide bonds. The first-order valence-corrected chi connectivity index (χ1v) is 8.97. The first-order valence-electron chi connectivity index (χ1n) is 8.97. The summed E-state index contributed by atoms with van der Waals surface area (Å²) in [5.74, 6) is 1.45. The molecule has 7 heteroatoms. The summed E-state index contributed by atoms with van der Waals surface area (Å²) in [6.07, 6.45) is 5.29. The molecule has 2 N–H and O–H groups in total. The molecule has 0 saturated carbocycles. The number of carbonyl (C=O) groups is 1. The minimum absolute atomic E-state index is 0.0542. The van der Waals surface area contributed by atoms with Crippen molar-refractivity contribution in [2.45, 2.75) is 25.8 Å². The molecule has 3 aromatic rings. The molecule has 3 heterocycles. The number of nitrogens with one attached hydrogen (secondary N) is 2. The van der Waals surface area contributed by atoms with Crippen LogP contribution in [0.5, 0.6) is 0 Å². The van der Waals surface area contributed by atoms with E-state index in [1.54, 1.807) is 18.5 Å². The maximum Gasteiger partial charge on any atom is 0.225 e. The number of H-pyrrole nitrogens is 1. The van der Waals surface area contributed by atoms with Crippen LogP contribution < -0.4 is 10.2 Å². The quantitative estimate of drug-likeness (QED) is 0.755. The van der Waals surface area contributed by atoms with Gasteiger partial charge in [0.25, 0.3) is 0 Å². The number of aromatic nitrogens is 4. The third-order valence-corrected chi connectivity index (χ3v) is 4.80. The Balaban J connectivity index is 1.42. The zero-order chi connectivity index (χ0) is 17.9. The summed E-state index contributed by atoms with van der Waals surface area (Å²) in [5.41, 5.74) is 1.89. The van der Waals surface area contributed by atoms with E-state index in [1.807, 2.05) is 31.2 Å². The third-order valence-electron chi connectivity index (χ3n) is 4.80. The standard InChI is InChI=1S/C19H22N6O/c1-13(17-23-15-7-2-3-8-16(15)24-17)22-18(26)14-6-4-11-25(12-14)19-20-9-5-10-21-19/h2-3,5,7-10,13-14H,4,6,11-12H2,1H3,(H,22,26)(H,23,24)/t13-,14?/m0/s1. The van der Waals surface area contributed by atoms with Gasteiger partial charge in [-0.25, -0.2) is 15.0 Å². The number of amides is 1. The topological polar surface area (TPSA) is 86.8 Å². The van der Waals surface area contributed by atoms with E-state index in [2.05, 4.69) is 30.2 Å². The van der Waals surface area contributed by atoms with Gasteiger partial charge in [-0.05, 0) is 38.0 Å². The van der Waals surface area contributed by atoms with Crippen LogP contribution in [0.25, 0.3) is 11.0 Å². The smallest absolute Gasteiger partial charge is 0.225 e. The van der Waals surface area contributed by atoms with Crippen LogP contribution in [-0.4, -0.2) is 38.9 Å². The van der Waals surface area contributed by atoms with E-state index in [9.17, 15) is 4.79 Å². The van der Waals surface area contributed by atoms with Crippen LogP contribution in [0.2, 0.25) is 0 Å². The van der Waals surface area contributed by atoms with Crippen molar-refractivity contribution in [3.63, 3.8) is 0 Å². The molecule has 1 unspecified atom stereocenters. The van der Waals surface area contributed by atoms with Gasteiger partial charge in [0.1, 0.15) is 5.82 Å². The van der Waals surface area contributed by atoms with Gasteiger partial charge in [0.05, 0.1) is 23.0 Å². The van der Waals surface area contributed by atoms with Crippen LogP contribution in [0.4, 0.5) is 5.95 Å². The lowest BCUT2D eigenvalue weighted by molar-refractivity contribution is -0.126. The average Bonchev–Trinajstić information content (AvgIpc) is 3.13. The molecule has 1 fully saturated rings. The van der Waals surface area contributed by atoms with Gasteiger partial charge in [-0.1, -0.05) is 12.1 Å². The van der Waals surface area contributed by atoms with E-state index in [1.165, 1.54) is 0 Å². The van der Waals surface area contributed by atoms with Crippen molar-refractivity contribution in [2.24, 2.45) is 5.92 Å². The van der Waals surface area contributed by atoms with E-state index in [4.69, 9.17) is 0 Å². The number of anilines is 1. The predicted octanol–water partition coefficient (Wildman–Crippen LogP) is 2.45. The lowest BCUT2D eigenvalue weighted by Crippen LogP contribution is -2.44. The highest BCUT2D eigenvalue weighted by molar-refractivity contribution is 5.80. The molecule has 1 aliphatic rings. The second-order valence-electron chi connectivity index (χ2n) is 6.70. The van der Waals surface area contributed by atoms with Crippen LogP contribution in [-0.2, 0) is 4.79 Å². The first kappa shape index (κ1) is 16.5. The average molecular weight is 350 g/mol. The number of carbonyl (C=O) groups excluding carboxylic acids is 1. The van der Waals surface area contributed by atoms with Crippen LogP contribution >= 0.6 is 0 Å². The number of nitrogens with zero attached hydrogens (tertiary/aromatic N) is 4. The Morgan fingerprint density at radius 3 is 2.88 bits per heavy atom. The predicted molar refractivity (Wildman–Crippen MR) is 99.6 cm³/mol. The number of benzene rings is 1. The largest absolute Gasteiger partial charge is 0.346 e. The van der Waals surface area contributed by atoms with E-state index >= 15 is 0 Å². The normalized spacial score (nSPS) is 18.7. The molecular formula is C19H22N6O. The molecule has 134 valence electrons. The SMILES string of the molecule is C[C@H](NC(=O)C1CCCN(c2ncccn2)C1)c1nc2ccccc2[nH]1. The number of imidazole rings is 1. The zero-order valence-corrected chi connectivity index (χ0v) is 14.7. The van der Waals surface area contributed by atoms with Crippen LogP contribution in [0.3, 0.4) is 0 Å². The Bertz CT molecular complexity index is 860. The van der Waals surface area contributed by atoms with Gasteiger partial charge in [-0.3, -0.25) is 4.79 Å². The van der Waals surface area contributed by atoms with Crippen molar-refractivity contribution < 1.29 is 4.79 Å². The van der Waals surface area contributed by atoms with Crippen molar-refractivity contribution in [1.82, 2.24) is 25.3 Å². The highest BCUT2D eigenvalue weighted by Crippen LogP contribution is 2.22. The van der Waals surface area contributed by atoms with Gasteiger partial charge >= 0.3 is 0 Å². The lowest BCUT2D eigenvalue weighted by Gasteiger charge is -2.32. The maximum atomic E-state index is 12.8. The summed E-state index contributed by atoms with van der Waals surface area (Å²) >= 11 is 0. The molecule has 0 bridgehead atoms. The first-order chi connectivity index (χ1) is 12.7. The fourth-order valence-corrected chi connectivity index (χ4v) is 3.40. The Kier molecular flexibility index (Phi) is 4.51. The van der Waals surface area contributed by atoms with Gasteiger partial charge in [0, 0.05) is 25.5 Å². The van der Waals surface area contributed by atoms with Crippen molar-refractivity contribution in [3.05, 3.63) is 48.5 Å². The summed E-state index contributed by atoms with van der Waals surface area (Å²) in [4.78, 5) is 31.3. The minimum atomic E-state index is -0.168. The van der Waals surface area contributed by atoms with E-state index in [-0.39, 0.29) is 17.9 Å². The van der Waals surface area contributed by atoms with E-state index in [0.717, 1.165) is 36.2 Å². The number of hydrogen-bond acceptors (Lipinski definition) is 5. The van der Waals surface area contributed by atoms with E-state index < -0.39 is 0 Å². The Labute approximate surface area is 151 Å². The van der Waals surface area contributed by atoms with Crippen molar-refractivity contribution in [1.29, 1.82) is 0 Å². The minimum Gasteiger partial charge on any atom is -0.346 e. The van der Waals surface area contributed by atoms with Gasteiger partial charge in [-0.2, -0.15) is 0 Å². The second-order valence-corrected chi connectivity index (χ2v) is 6.70. The number of rotatable bonds is 4. The van der Waals surface area contributed by atoms with Gasteiger partial charge < -0.3 is 15.2 Å². The molecule has 1 aliphatic heterocycles. The summed E-state index contributed by atoms with van der Waals surface area (Å²) < 4.78 is 0. The molecule has 0 radical (unpaired) electrons.